The standard InChI is InChI=1S/C26H43NO3/c1-3-4-5-6-7-8-9-10-11-12-13-14-15-16-17-18-26(29)27-22-23-19-20-24(28)25(21-23)30-2/h13-14,19-21,28H,3-12,15-18,22H2,1-2H3,(H,27,29)/b14-13+. The summed E-state index contributed by atoms with van der Waals surface area (Å²) >= 11 is 0. The van der Waals surface area contributed by atoms with Crippen LogP contribution in [-0.2, 0) is 11.3 Å². The third-order valence-electron chi connectivity index (χ3n) is 5.40. The van der Waals surface area contributed by atoms with Gasteiger partial charge in [-0.05, 0) is 49.8 Å². The van der Waals surface area contributed by atoms with Gasteiger partial charge < -0.3 is 15.2 Å². The van der Waals surface area contributed by atoms with Crippen LogP contribution in [0.3, 0.4) is 0 Å². The van der Waals surface area contributed by atoms with Gasteiger partial charge >= 0.3 is 0 Å². The average Bonchev–Trinajstić information content (AvgIpc) is 2.75. The number of unbranched alkanes of at least 4 members (excludes halogenated alkanes) is 11. The molecule has 0 aromatic heterocycles. The van der Waals surface area contributed by atoms with Crippen LogP contribution < -0.4 is 10.1 Å². The minimum Gasteiger partial charge on any atom is -0.504 e. The smallest absolute Gasteiger partial charge is 0.220 e. The quantitative estimate of drug-likeness (QED) is 0.199. The molecular formula is C26H43NO3. The lowest BCUT2D eigenvalue weighted by atomic mass is 10.1. The van der Waals surface area contributed by atoms with Crippen LogP contribution in [0.25, 0.3) is 0 Å². The van der Waals surface area contributed by atoms with Gasteiger partial charge in [0, 0.05) is 13.0 Å². The van der Waals surface area contributed by atoms with Crippen molar-refractivity contribution in [2.24, 2.45) is 0 Å². The van der Waals surface area contributed by atoms with Gasteiger partial charge in [-0.15, -0.1) is 0 Å². The lowest BCUT2D eigenvalue weighted by molar-refractivity contribution is -0.121. The lowest BCUT2D eigenvalue weighted by Gasteiger charge is -2.08. The molecule has 4 heteroatoms. The molecule has 30 heavy (non-hydrogen) atoms. The fourth-order valence-corrected chi connectivity index (χ4v) is 3.48. The summed E-state index contributed by atoms with van der Waals surface area (Å²) in [6, 6.07) is 5.12. The molecule has 1 rings (SSSR count). The SMILES string of the molecule is CCCCCCCCCCC/C=C/CCCCC(=O)NCc1ccc(O)c(OC)c1. The largest absolute Gasteiger partial charge is 0.504 e. The highest BCUT2D eigenvalue weighted by molar-refractivity contribution is 5.75. The predicted molar refractivity (Wildman–Crippen MR) is 126 cm³/mol. The number of allylic oxidation sites excluding steroid dienone is 2. The van der Waals surface area contributed by atoms with Crippen molar-refractivity contribution < 1.29 is 14.6 Å². The number of hydrogen-bond acceptors (Lipinski definition) is 3. The number of hydrogen-bond donors (Lipinski definition) is 2. The molecule has 1 amide bonds. The molecule has 0 unspecified atom stereocenters. The van der Waals surface area contributed by atoms with Gasteiger partial charge in [0.15, 0.2) is 11.5 Å². The predicted octanol–water partition coefficient (Wildman–Crippen LogP) is 7.05. The summed E-state index contributed by atoms with van der Waals surface area (Å²) in [5.41, 5.74) is 0.914. The zero-order valence-electron chi connectivity index (χ0n) is 19.3. The van der Waals surface area contributed by atoms with Gasteiger partial charge in [-0.3, -0.25) is 4.79 Å². The van der Waals surface area contributed by atoms with Crippen molar-refractivity contribution in [3.05, 3.63) is 35.9 Å². The van der Waals surface area contributed by atoms with Crippen molar-refractivity contribution in [1.29, 1.82) is 0 Å². The van der Waals surface area contributed by atoms with Crippen LogP contribution in [0.1, 0.15) is 102 Å². The molecule has 0 aliphatic rings. The van der Waals surface area contributed by atoms with Crippen molar-refractivity contribution >= 4 is 5.91 Å². The first-order valence-corrected chi connectivity index (χ1v) is 11.9. The molecule has 0 aliphatic heterocycles. The van der Waals surface area contributed by atoms with Crippen LogP contribution in [0.15, 0.2) is 30.4 Å². The average molecular weight is 418 g/mol. The van der Waals surface area contributed by atoms with E-state index >= 15 is 0 Å². The van der Waals surface area contributed by atoms with Crippen LogP contribution in [0.4, 0.5) is 0 Å². The fraction of sp³-hybridized carbons (Fsp3) is 0.654. The van der Waals surface area contributed by atoms with Crippen molar-refractivity contribution in [3.63, 3.8) is 0 Å². The highest BCUT2D eigenvalue weighted by Crippen LogP contribution is 2.26. The maximum absolute atomic E-state index is 12.0. The summed E-state index contributed by atoms with van der Waals surface area (Å²) < 4.78 is 5.08. The van der Waals surface area contributed by atoms with E-state index in [-0.39, 0.29) is 11.7 Å². The number of amides is 1. The van der Waals surface area contributed by atoms with Crippen LogP contribution in [-0.4, -0.2) is 18.1 Å². The minimum absolute atomic E-state index is 0.0701. The van der Waals surface area contributed by atoms with Gasteiger partial charge in [0.25, 0.3) is 0 Å². The summed E-state index contributed by atoms with van der Waals surface area (Å²) in [6.07, 6.45) is 21.7. The van der Waals surface area contributed by atoms with Gasteiger partial charge in [0.05, 0.1) is 7.11 Å². The van der Waals surface area contributed by atoms with E-state index in [0.717, 1.165) is 24.8 Å². The summed E-state index contributed by atoms with van der Waals surface area (Å²) in [7, 11) is 1.52. The van der Waals surface area contributed by atoms with Crippen molar-refractivity contribution in [1.82, 2.24) is 5.32 Å². The van der Waals surface area contributed by atoms with Gasteiger partial charge in [-0.1, -0.05) is 76.5 Å². The van der Waals surface area contributed by atoms with E-state index in [1.165, 1.54) is 71.3 Å². The molecule has 1 aromatic rings. The van der Waals surface area contributed by atoms with E-state index in [1.807, 2.05) is 0 Å². The second-order valence-electron chi connectivity index (χ2n) is 8.12. The molecule has 2 N–H and O–H groups in total. The van der Waals surface area contributed by atoms with Gasteiger partial charge in [0.2, 0.25) is 5.91 Å². The molecule has 0 saturated carbocycles. The molecule has 170 valence electrons. The molecule has 0 radical (unpaired) electrons. The van der Waals surface area contributed by atoms with Crippen molar-refractivity contribution in [3.8, 4) is 11.5 Å². The van der Waals surface area contributed by atoms with E-state index in [2.05, 4.69) is 24.4 Å². The zero-order valence-corrected chi connectivity index (χ0v) is 19.3. The first kappa shape index (κ1) is 26.1. The number of phenolic OH excluding ortho intramolecular Hbond substituents is 1. The van der Waals surface area contributed by atoms with Crippen LogP contribution in [0.5, 0.6) is 11.5 Å². The molecule has 1 aromatic carbocycles. The van der Waals surface area contributed by atoms with Gasteiger partial charge in [-0.2, -0.15) is 0 Å². The van der Waals surface area contributed by atoms with Crippen LogP contribution in [0, 0.1) is 0 Å². The Balaban J connectivity index is 1.94. The normalized spacial score (nSPS) is 11.1. The Kier molecular flexibility index (Phi) is 15.5. The Morgan fingerprint density at radius 2 is 1.53 bits per heavy atom. The molecule has 0 bridgehead atoms. The van der Waals surface area contributed by atoms with Crippen LogP contribution >= 0.6 is 0 Å². The molecule has 0 aliphatic carbocycles. The summed E-state index contributed by atoms with van der Waals surface area (Å²) in [5, 5.41) is 12.5. The highest BCUT2D eigenvalue weighted by atomic mass is 16.5. The zero-order chi connectivity index (χ0) is 21.9. The van der Waals surface area contributed by atoms with Crippen molar-refractivity contribution in [2.75, 3.05) is 7.11 Å². The number of phenols is 1. The van der Waals surface area contributed by atoms with E-state index in [0.29, 0.717) is 18.7 Å². The lowest BCUT2D eigenvalue weighted by Crippen LogP contribution is -2.22. The Labute approximate surface area is 184 Å². The molecule has 0 atom stereocenters. The Morgan fingerprint density at radius 3 is 2.17 bits per heavy atom. The fourth-order valence-electron chi connectivity index (χ4n) is 3.48. The van der Waals surface area contributed by atoms with E-state index in [9.17, 15) is 9.90 Å². The van der Waals surface area contributed by atoms with Gasteiger partial charge in [-0.25, -0.2) is 0 Å². The summed E-state index contributed by atoms with van der Waals surface area (Å²) in [6.45, 7) is 2.72. The number of carbonyl (C=O) groups is 1. The summed E-state index contributed by atoms with van der Waals surface area (Å²) in [4.78, 5) is 12.0. The van der Waals surface area contributed by atoms with Crippen LogP contribution in [0.2, 0.25) is 0 Å². The molecular weight excluding hydrogens is 374 g/mol. The summed E-state index contributed by atoms with van der Waals surface area (Å²) in [5.74, 6) is 0.607. The Bertz CT molecular complexity index is 598. The number of aromatic hydroxyl groups is 1. The number of benzene rings is 1. The second-order valence-corrected chi connectivity index (χ2v) is 8.12. The van der Waals surface area contributed by atoms with E-state index in [4.69, 9.17) is 4.74 Å². The first-order valence-electron chi connectivity index (χ1n) is 11.9. The Hall–Kier alpha value is -1.97. The highest BCUT2D eigenvalue weighted by Gasteiger charge is 2.05. The molecule has 0 spiro atoms. The number of nitrogens with one attached hydrogen (secondary N) is 1. The molecule has 0 fully saturated rings. The third kappa shape index (κ3) is 13.3. The maximum atomic E-state index is 12.0. The molecule has 0 saturated heterocycles. The third-order valence-corrected chi connectivity index (χ3v) is 5.40. The van der Waals surface area contributed by atoms with E-state index in [1.54, 1.807) is 18.2 Å². The molecule has 0 heterocycles. The minimum atomic E-state index is 0.0701. The maximum Gasteiger partial charge on any atom is 0.220 e. The van der Waals surface area contributed by atoms with Gasteiger partial charge in [0.1, 0.15) is 0 Å². The number of ether oxygens (including phenoxy) is 1. The molecule has 4 nitrogen and oxygen atoms in total. The number of methoxy groups -OCH3 is 1. The van der Waals surface area contributed by atoms with Crippen molar-refractivity contribution in [2.45, 2.75) is 103 Å². The Morgan fingerprint density at radius 1 is 0.933 bits per heavy atom. The number of carbonyl (C=O) groups excluding carboxylic acids is 1. The van der Waals surface area contributed by atoms with E-state index < -0.39 is 0 Å². The second kappa shape index (κ2) is 17.9. The topological polar surface area (TPSA) is 58.6 Å². The first-order chi connectivity index (χ1) is 14.7. The monoisotopic (exact) mass is 417 g/mol. The number of rotatable bonds is 18.